The van der Waals surface area contributed by atoms with E-state index in [-0.39, 0.29) is 11.0 Å². The maximum atomic E-state index is 12.9. The maximum Gasteiger partial charge on any atom is 0.298 e. The zero-order valence-electron chi connectivity index (χ0n) is 13.2. The predicted molar refractivity (Wildman–Crippen MR) is 87.5 cm³/mol. The van der Waals surface area contributed by atoms with Gasteiger partial charge in [-0.2, -0.15) is 0 Å². The van der Waals surface area contributed by atoms with E-state index in [1.165, 1.54) is 0 Å². The molecule has 0 unspecified atom stereocenters. The number of carbonyl (C=O) groups excluding carboxylic acids is 1. The van der Waals surface area contributed by atoms with Crippen LogP contribution in [0.5, 0.6) is 0 Å². The Morgan fingerprint density at radius 2 is 2.17 bits per heavy atom. The lowest BCUT2D eigenvalue weighted by Gasteiger charge is -2.55. The van der Waals surface area contributed by atoms with Crippen molar-refractivity contribution in [2.45, 2.75) is 12.8 Å². The van der Waals surface area contributed by atoms with E-state index in [0.29, 0.717) is 24.3 Å². The monoisotopic (exact) mass is 326 g/mol. The molecule has 0 aromatic carbocycles. The molecule has 4 heterocycles. The number of aromatic nitrogens is 3. The third kappa shape index (κ3) is 2.50. The van der Waals surface area contributed by atoms with Crippen molar-refractivity contribution in [3.8, 4) is 5.69 Å². The molecule has 0 atom stereocenters. The minimum atomic E-state index is -0.159. The summed E-state index contributed by atoms with van der Waals surface area (Å²) in [4.78, 5) is 34.2. The Balaban J connectivity index is 1.72. The number of aryl methyl sites for hydroxylation is 1. The zero-order chi connectivity index (χ0) is 16.6. The molecule has 124 valence electrons. The average molecular weight is 326 g/mol. The first-order valence-corrected chi connectivity index (χ1v) is 8.00. The van der Waals surface area contributed by atoms with Crippen molar-refractivity contribution >= 4 is 12.1 Å². The van der Waals surface area contributed by atoms with Crippen molar-refractivity contribution in [2.75, 3.05) is 31.2 Å². The fourth-order valence-electron chi connectivity index (χ4n) is 3.24. The van der Waals surface area contributed by atoms with Gasteiger partial charge in [-0.15, -0.1) is 0 Å². The zero-order valence-corrected chi connectivity index (χ0v) is 13.2. The second kappa shape index (κ2) is 5.83. The van der Waals surface area contributed by atoms with Gasteiger partial charge in [-0.05, 0) is 18.6 Å². The van der Waals surface area contributed by atoms with Gasteiger partial charge >= 0.3 is 0 Å². The van der Waals surface area contributed by atoms with Crippen molar-refractivity contribution < 1.29 is 9.53 Å². The third-order valence-electron chi connectivity index (χ3n) is 4.55. The van der Waals surface area contributed by atoms with Crippen LogP contribution in [0, 0.1) is 5.41 Å². The molecule has 2 aromatic rings. The van der Waals surface area contributed by atoms with Gasteiger partial charge in [0.25, 0.3) is 5.56 Å². The van der Waals surface area contributed by atoms with Gasteiger partial charge in [0.05, 0.1) is 36.2 Å². The molecular weight excluding hydrogens is 308 g/mol. The second-order valence-electron chi connectivity index (χ2n) is 6.50. The minimum absolute atomic E-state index is 0.159. The highest BCUT2D eigenvalue weighted by molar-refractivity contribution is 5.50. The molecule has 0 N–H and O–H groups in total. The van der Waals surface area contributed by atoms with Gasteiger partial charge in [0.2, 0.25) is 0 Å². The smallest absolute Gasteiger partial charge is 0.298 e. The highest BCUT2D eigenvalue weighted by Gasteiger charge is 2.50. The van der Waals surface area contributed by atoms with Gasteiger partial charge < -0.3 is 14.4 Å². The average Bonchev–Trinajstić information content (AvgIpc) is 2.53. The van der Waals surface area contributed by atoms with Gasteiger partial charge in [0.1, 0.15) is 6.29 Å². The molecule has 2 aromatic heterocycles. The van der Waals surface area contributed by atoms with Crippen LogP contribution < -0.4 is 10.5 Å². The summed E-state index contributed by atoms with van der Waals surface area (Å²) in [6, 6.07) is 3.62. The van der Waals surface area contributed by atoms with Crippen LogP contribution in [0.1, 0.15) is 12.1 Å². The van der Waals surface area contributed by atoms with E-state index < -0.39 is 0 Å². The van der Waals surface area contributed by atoms with Crippen molar-refractivity contribution in [3.05, 3.63) is 46.8 Å². The van der Waals surface area contributed by atoms with E-state index in [2.05, 4.69) is 9.97 Å². The number of anilines is 1. The Morgan fingerprint density at radius 3 is 2.79 bits per heavy atom. The number of hydrogen-bond donors (Lipinski definition) is 0. The maximum absolute atomic E-state index is 12.9. The Kier molecular flexibility index (Phi) is 3.65. The van der Waals surface area contributed by atoms with Crippen LogP contribution in [0.4, 0.5) is 5.82 Å². The molecule has 2 aliphatic heterocycles. The number of rotatable bonds is 5. The van der Waals surface area contributed by atoms with Crippen LogP contribution in [0.15, 0.2) is 35.5 Å². The normalized spacial score (nSPS) is 18.1. The second-order valence-corrected chi connectivity index (χ2v) is 6.50. The molecule has 2 aliphatic rings. The first-order chi connectivity index (χ1) is 11.7. The van der Waals surface area contributed by atoms with E-state index in [1.54, 1.807) is 29.2 Å². The van der Waals surface area contributed by atoms with Gasteiger partial charge in [-0.1, -0.05) is 0 Å². The lowest BCUT2D eigenvalue weighted by atomic mass is 9.78. The molecule has 2 saturated heterocycles. The van der Waals surface area contributed by atoms with Gasteiger partial charge in [-0.25, -0.2) is 4.98 Å². The SMILES string of the molecule is O=CCCc1cn(-c2cccnc2)c(=O)c(N2CC3(COC3)C2)n1. The molecule has 7 heteroatoms. The summed E-state index contributed by atoms with van der Waals surface area (Å²) in [6.07, 6.45) is 6.78. The van der Waals surface area contributed by atoms with Crippen molar-refractivity contribution in [1.29, 1.82) is 0 Å². The predicted octanol–water partition coefficient (Wildman–Crippen LogP) is 0.596. The molecule has 0 radical (unpaired) electrons. The van der Waals surface area contributed by atoms with Crippen LogP contribution in [0.3, 0.4) is 0 Å². The summed E-state index contributed by atoms with van der Waals surface area (Å²) in [6.45, 7) is 3.09. The topological polar surface area (TPSA) is 77.3 Å². The molecule has 1 spiro atoms. The number of aldehydes is 1. The van der Waals surface area contributed by atoms with Gasteiger partial charge in [0, 0.05) is 31.9 Å². The van der Waals surface area contributed by atoms with E-state index in [1.807, 2.05) is 11.0 Å². The number of nitrogens with zero attached hydrogens (tertiary/aromatic N) is 4. The minimum Gasteiger partial charge on any atom is -0.380 e. The largest absolute Gasteiger partial charge is 0.380 e. The number of ether oxygens (including phenoxy) is 1. The lowest BCUT2D eigenvalue weighted by molar-refractivity contribution is -0.127. The van der Waals surface area contributed by atoms with E-state index >= 15 is 0 Å². The fourth-order valence-corrected chi connectivity index (χ4v) is 3.24. The molecule has 0 amide bonds. The summed E-state index contributed by atoms with van der Waals surface area (Å²) >= 11 is 0. The molecule has 24 heavy (non-hydrogen) atoms. The number of carbonyl (C=O) groups is 1. The van der Waals surface area contributed by atoms with Gasteiger partial charge in [-0.3, -0.25) is 14.3 Å². The Morgan fingerprint density at radius 1 is 1.33 bits per heavy atom. The van der Waals surface area contributed by atoms with Crippen LogP contribution in [0.2, 0.25) is 0 Å². The third-order valence-corrected chi connectivity index (χ3v) is 4.55. The van der Waals surface area contributed by atoms with E-state index in [0.717, 1.165) is 38.3 Å². The number of pyridine rings is 1. The first-order valence-electron chi connectivity index (χ1n) is 8.00. The summed E-state index contributed by atoms with van der Waals surface area (Å²) in [5.74, 6) is 0.444. The van der Waals surface area contributed by atoms with Crippen LogP contribution in [0.25, 0.3) is 5.69 Å². The van der Waals surface area contributed by atoms with Gasteiger partial charge in [0.15, 0.2) is 5.82 Å². The van der Waals surface area contributed by atoms with Crippen molar-refractivity contribution in [1.82, 2.24) is 14.5 Å². The van der Waals surface area contributed by atoms with E-state index in [4.69, 9.17) is 4.74 Å². The molecule has 2 fully saturated rings. The summed E-state index contributed by atoms with van der Waals surface area (Å²) in [5.41, 5.74) is 1.46. The highest BCUT2D eigenvalue weighted by Crippen LogP contribution is 2.38. The van der Waals surface area contributed by atoms with E-state index in [9.17, 15) is 9.59 Å². The quantitative estimate of drug-likeness (QED) is 0.749. The van der Waals surface area contributed by atoms with Crippen molar-refractivity contribution in [2.24, 2.45) is 5.41 Å². The molecule has 4 rings (SSSR count). The Hall–Kier alpha value is -2.54. The molecule has 0 saturated carbocycles. The molecule has 0 bridgehead atoms. The lowest BCUT2D eigenvalue weighted by Crippen LogP contribution is -2.67. The molecule has 7 nitrogen and oxygen atoms in total. The van der Waals surface area contributed by atoms with Crippen LogP contribution in [-0.4, -0.2) is 47.1 Å². The standard InChI is InChI=1S/C17H18N4O3/c22-6-2-3-13-8-21(14-4-1-5-18-7-14)16(23)15(19-13)20-9-17(10-20)11-24-12-17/h1,4-8H,2-3,9-12H2. The summed E-state index contributed by atoms with van der Waals surface area (Å²) in [5, 5.41) is 0. The molecular formula is C17H18N4O3. The Labute approximate surface area is 138 Å². The van der Waals surface area contributed by atoms with Crippen molar-refractivity contribution in [3.63, 3.8) is 0 Å². The Bertz CT molecular complexity index is 806. The summed E-state index contributed by atoms with van der Waals surface area (Å²) in [7, 11) is 0. The molecule has 0 aliphatic carbocycles. The first kappa shape index (κ1) is 15.0. The van der Waals surface area contributed by atoms with Crippen LogP contribution >= 0.6 is 0 Å². The highest BCUT2D eigenvalue weighted by atomic mass is 16.5. The van der Waals surface area contributed by atoms with Crippen LogP contribution in [-0.2, 0) is 16.0 Å². The summed E-state index contributed by atoms with van der Waals surface area (Å²) < 4.78 is 6.85. The fraction of sp³-hybridized carbons (Fsp3) is 0.412. The number of hydrogen-bond acceptors (Lipinski definition) is 6.